The molecular formula is C22H27N7O6S. The second kappa shape index (κ2) is 11.5. The Morgan fingerprint density at radius 2 is 1.75 bits per heavy atom. The highest BCUT2D eigenvalue weighted by Gasteiger charge is 2.28. The lowest BCUT2D eigenvalue weighted by molar-refractivity contribution is -0.120. The fraction of sp³-hybridized carbons (Fsp3) is 0.273. The zero-order valence-electron chi connectivity index (χ0n) is 19.9. The zero-order valence-corrected chi connectivity index (χ0v) is 20.7. The van der Waals surface area contributed by atoms with Crippen LogP contribution in [0, 0.1) is 0 Å². The van der Waals surface area contributed by atoms with E-state index in [2.05, 4.69) is 20.5 Å². The maximum atomic E-state index is 13.3. The highest BCUT2D eigenvalue weighted by atomic mass is 32.2. The molecule has 4 N–H and O–H groups in total. The molecule has 3 aromatic rings. The second-order valence-corrected chi connectivity index (χ2v) is 9.58. The molecule has 0 aliphatic rings. The normalized spacial score (nSPS) is 12.1. The van der Waals surface area contributed by atoms with E-state index in [9.17, 15) is 22.8 Å². The number of methoxy groups -OCH3 is 1. The molecule has 0 aliphatic heterocycles. The summed E-state index contributed by atoms with van der Waals surface area (Å²) in [5.41, 5.74) is 0.730. The highest BCUT2D eigenvalue weighted by Crippen LogP contribution is 2.19. The summed E-state index contributed by atoms with van der Waals surface area (Å²) in [4.78, 5) is 40.9. The van der Waals surface area contributed by atoms with Crippen molar-refractivity contribution < 1.29 is 22.7 Å². The summed E-state index contributed by atoms with van der Waals surface area (Å²) in [7, 11) is -0.0330. The Balaban J connectivity index is 1.74. The lowest BCUT2D eigenvalue weighted by atomic mass is 10.0. The van der Waals surface area contributed by atoms with Gasteiger partial charge in [0.2, 0.25) is 5.91 Å². The first-order valence-corrected chi connectivity index (χ1v) is 12.2. The topological polar surface area (TPSA) is 170 Å². The Morgan fingerprint density at radius 3 is 2.33 bits per heavy atom. The van der Waals surface area contributed by atoms with Crippen molar-refractivity contribution in [2.75, 3.05) is 26.1 Å². The third kappa shape index (κ3) is 6.93. The van der Waals surface area contributed by atoms with Gasteiger partial charge in [-0.25, -0.2) is 19.4 Å². The average Bonchev–Trinajstić information content (AvgIpc) is 3.27. The minimum Gasteiger partial charge on any atom is -0.497 e. The molecule has 3 rings (SSSR count). The lowest BCUT2D eigenvalue weighted by Gasteiger charge is -2.25. The van der Waals surface area contributed by atoms with Gasteiger partial charge in [0, 0.05) is 26.2 Å². The quantitative estimate of drug-likeness (QED) is 0.301. The standard InChI is InChI=1S/C22H27N7O6S/c1-28(14-19-24-21(31)26-25-19)36(33,34)27-22(32)23-18(13-15-7-5-4-6-8-15)20(30)29(2)16-9-11-17(35-3)12-10-16/h4-12,18H,13-14H2,1-3H3,(H2,23,27,32)(H2,24,25,26,31)/t18-/m0/s1. The molecule has 0 bridgehead atoms. The van der Waals surface area contributed by atoms with Crippen molar-refractivity contribution >= 4 is 27.8 Å². The van der Waals surface area contributed by atoms with Crippen molar-refractivity contribution in [1.29, 1.82) is 0 Å². The van der Waals surface area contributed by atoms with Gasteiger partial charge in [-0.2, -0.15) is 17.8 Å². The molecule has 2 aromatic carbocycles. The van der Waals surface area contributed by atoms with E-state index in [0.29, 0.717) is 11.4 Å². The van der Waals surface area contributed by atoms with E-state index in [1.165, 1.54) is 19.1 Å². The van der Waals surface area contributed by atoms with Crippen LogP contribution in [0.25, 0.3) is 0 Å². The molecule has 0 spiro atoms. The average molecular weight is 518 g/mol. The number of likely N-dealkylation sites (N-methyl/N-ethyl adjacent to an activating group) is 1. The van der Waals surface area contributed by atoms with Crippen LogP contribution in [0.3, 0.4) is 0 Å². The number of anilines is 1. The number of H-pyrrole nitrogens is 2. The number of aromatic amines is 2. The molecule has 0 saturated heterocycles. The van der Waals surface area contributed by atoms with Crippen LogP contribution in [0.5, 0.6) is 5.75 Å². The molecule has 1 aromatic heterocycles. The van der Waals surface area contributed by atoms with Gasteiger partial charge in [-0.3, -0.25) is 9.78 Å². The molecule has 1 heterocycles. The predicted octanol–water partition coefficient (Wildman–Crippen LogP) is 0.357. The summed E-state index contributed by atoms with van der Waals surface area (Å²) < 4.78 is 33.0. The molecule has 0 aliphatic carbocycles. The number of rotatable bonds is 10. The van der Waals surface area contributed by atoms with Gasteiger partial charge in [0.05, 0.1) is 13.7 Å². The van der Waals surface area contributed by atoms with Crippen molar-refractivity contribution in [2.24, 2.45) is 0 Å². The molecule has 192 valence electrons. The first-order chi connectivity index (χ1) is 17.1. The number of ether oxygens (including phenoxy) is 1. The van der Waals surface area contributed by atoms with Crippen molar-refractivity contribution in [3.8, 4) is 5.75 Å². The van der Waals surface area contributed by atoms with Crippen LogP contribution in [0.4, 0.5) is 10.5 Å². The van der Waals surface area contributed by atoms with Crippen LogP contribution in [0.15, 0.2) is 59.4 Å². The Hall–Kier alpha value is -4.17. The van der Waals surface area contributed by atoms with Crippen LogP contribution < -0.4 is 25.4 Å². The second-order valence-electron chi connectivity index (χ2n) is 7.80. The molecule has 0 saturated carbocycles. The van der Waals surface area contributed by atoms with Crippen molar-refractivity contribution in [3.05, 3.63) is 76.5 Å². The Morgan fingerprint density at radius 1 is 1.08 bits per heavy atom. The number of nitrogens with one attached hydrogen (secondary N) is 4. The third-order valence-electron chi connectivity index (χ3n) is 5.23. The van der Waals surface area contributed by atoms with E-state index in [0.717, 1.165) is 9.87 Å². The van der Waals surface area contributed by atoms with Crippen molar-refractivity contribution in [2.45, 2.75) is 19.0 Å². The van der Waals surface area contributed by atoms with Crippen LogP contribution in [-0.4, -0.2) is 67.1 Å². The smallest absolute Gasteiger partial charge is 0.340 e. The fourth-order valence-electron chi connectivity index (χ4n) is 3.28. The SMILES string of the molecule is COc1ccc(N(C)C(=O)[C@H](Cc2ccccc2)NC(=O)NS(=O)(=O)N(C)Cc2n[nH]c(=O)[nH]2)cc1. The first kappa shape index (κ1) is 26.4. The summed E-state index contributed by atoms with van der Waals surface area (Å²) >= 11 is 0. The van der Waals surface area contributed by atoms with Gasteiger partial charge in [0.15, 0.2) is 0 Å². The number of hydrogen-bond donors (Lipinski definition) is 4. The minimum absolute atomic E-state index is 0.0616. The van der Waals surface area contributed by atoms with Gasteiger partial charge in [-0.1, -0.05) is 30.3 Å². The molecule has 1 atom stereocenters. The van der Waals surface area contributed by atoms with Gasteiger partial charge in [0.1, 0.15) is 17.6 Å². The van der Waals surface area contributed by atoms with E-state index in [-0.39, 0.29) is 18.8 Å². The number of urea groups is 1. The highest BCUT2D eigenvalue weighted by molar-refractivity contribution is 7.87. The third-order valence-corrected chi connectivity index (χ3v) is 6.62. The van der Waals surface area contributed by atoms with Crippen LogP contribution in [0.1, 0.15) is 11.4 Å². The summed E-state index contributed by atoms with van der Waals surface area (Å²) in [5, 5.41) is 8.23. The summed E-state index contributed by atoms with van der Waals surface area (Å²) in [6.07, 6.45) is 0.123. The van der Waals surface area contributed by atoms with E-state index in [1.807, 2.05) is 10.8 Å². The number of amides is 3. The molecule has 0 unspecified atom stereocenters. The Labute approximate surface area is 207 Å². The van der Waals surface area contributed by atoms with Gasteiger partial charge >= 0.3 is 21.9 Å². The van der Waals surface area contributed by atoms with Gasteiger partial charge in [-0.05, 0) is 29.8 Å². The first-order valence-electron chi connectivity index (χ1n) is 10.7. The number of aromatic nitrogens is 3. The molecule has 0 radical (unpaired) electrons. The van der Waals surface area contributed by atoms with Crippen LogP contribution in [0.2, 0.25) is 0 Å². The fourth-order valence-corrected chi connectivity index (χ4v) is 4.02. The van der Waals surface area contributed by atoms with Crippen LogP contribution in [-0.2, 0) is 28.0 Å². The number of benzene rings is 2. The summed E-state index contributed by atoms with van der Waals surface area (Å²) in [6.45, 7) is -0.298. The number of hydrogen-bond acceptors (Lipinski definition) is 7. The largest absolute Gasteiger partial charge is 0.497 e. The van der Waals surface area contributed by atoms with Crippen LogP contribution >= 0.6 is 0 Å². The Bertz CT molecular complexity index is 1340. The molecule has 3 amide bonds. The number of carbonyl (C=O) groups excluding carboxylic acids is 2. The van der Waals surface area contributed by atoms with Gasteiger partial charge < -0.3 is 15.0 Å². The van der Waals surface area contributed by atoms with Crippen molar-refractivity contribution in [1.82, 2.24) is 29.5 Å². The van der Waals surface area contributed by atoms with E-state index in [4.69, 9.17) is 4.74 Å². The zero-order chi connectivity index (χ0) is 26.3. The van der Waals surface area contributed by atoms with E-state index < -0.39 is 33.9 Å². The summed E-state index contributed by atoms with van der Waals surface area (Å²) in [5.74, 6) is 0.219. The molecule has 13 nitrogen and oxygen atoms in total. The maximum absolute atomic E-state index is 13.3. The van der Waals surface area contributed by atoms with E-state index in [1.54, 1.807) is 55.6 Å². The minimum atomic E-state index is -4.32. The predicted molar refractivity (Wildman–Crippen MR) is 132 cm³/mol. The molecule has 0 fully saturated rings. The van der Waals surface area contributed by atoms with Gasteiger partial charge in [0.25, 0.3) is 0 Å². The Kier molecular flexibility index (Phi) is 8.45. The van der Waals surface area contributed by atoms with E-state index >= 15 is 0 Å². The molecule has 14 heteroatoms. The van der Waals surface area contributed by atoms with Gasteiger partial charge in [-0.15, -0.1) is 0 Å². The maximum Gasteiger partial charge on any atom is 0.340 e. The van der Waals surface area contributed by atoms with Crippen molar-refractivity contribution in [3.63, 3.8) is 0 Å². The molecular weight excluding hydrogens is 490 g/mol. The monoisotopic (exact) mass is 517 g/mol. The number of nitrogens with zero attached hydrogens (tertiary/aromatic N) is 3. The lowest BCUT2D eigenvalue weighted by Crippen LogP contribution is -2.54. The number of carbonyl (C=O) groups is 2. The molecule has 36 heavy (non-hydrogen) atoms. The summed E-state index contributed by atoms with van der Waals surface area (Å²) in [6, 6.07) is 13.6.